The van der Waals surface area contributed by atoms with Gasteiger partial charge in [-0.25, -0.2) is 0 Å². The summed E-state index contributed by atoms with van der Waals surface area (Å²) in [6.07, 6.45) is 21.8. The maximum atomic E-state index is 5.77. The Morgan fingerprint density at radius 1 is 0.760 bits per heavy atom. The predicted octanol–water partition coefficient (Wildman–Crippen LogP) is 7.01. The molecule has 0 aromatic heterocycles. The molecule has 25 heavy (non-hydrogen) atoms. The van der Waals surface area contributed by atoms with Gasteiger partial charge in [-0.3, -0.25) is 0 Å². The highest BCUT2D eigenvalue weighted by molar-refractivity contribution is 4.98. The number of rotatable bonds is 15. The molecule has 1 heterocycles. The second-order valence-electron chi connectivity index (χ2n) is 7.41. The van der Waals surface area contributed by atoms with Gasteiger partial charge < -0.3 is 9.47 Å². The first-order valence-corrected chi connectivity index (χ1v) is 11.1. The third kappa shape index (κ3) is 15.5. The molecular formula is C23H42O2. The minimum absolute atomic E-state index is 0.0909. The maximum absolute atomic E-state index is 5.77. The average Bonchev–Trinajstić information content (AvgIpc) is 2.65. The zero-order valence-corrected chi connectivity index (χ0v) is 16.8. The van der Waals surface area contributed by atoms with Gasteiger partial charge in [0.15, 0.2) is 6.29 Å². The number of hydrogen-bond acceptors (Lipinski definition) is 2. The van der Waals surface area contributed by atoms with Crippen LogP contribution in [0.15, 0.2) is 0 Å². The summed E-state index contributed by atoms with van der Waals surface area (Å²) in [4.78, 5) is 0. The van der Waals surface area contributed by atoms with Crippen LogP contribution in [0, 0.1) is 11.8 Å². The monoisotopic (exact) mass is 350 g/mol. The van der Waals surface area contributed by atoms with Crippen LogP contribution in [0.2, 0.25) is 0 Å². The van der Waals surface area contributed by atoms with Gasteiger partial charge in [-0.15, -0.1) is 11.8 Å². The lowest BCUT2D eigenvalue weighted by atomic mass is 10.1. The normalized spacial score (nSPS) is 17.2. The van der Waals surface area contributed by atoms with Crippen LogP contribution in [0.25, 0.3) is 0 Å². The van der Waals surface area contributed by atoms with Crippen LogP contribution in [-0.4, -0.2) is 19.5 Å². The van der Waals surface area contributed by atoms with Crippen molar-refractivity contribution in [3.63, 3.8) is 0 Å². The molecule has 0 amide bonds. The van der Waals surface area contributed by atoms with E-state index in [2.05, 4.69) is 18.8 Å². The molecule has 0 spiro atoms. The molecule has 0 aromatic carbocycles. The molecule has 0 radical (unpaired) electrons. The van der Waals surface area contributed by atoms with Crippen molar-refractivity contribution in [2.24, 2.45) is 0 Å². The fourth-order valence-electron chi connectivity index (χ4n) is 3.25. The van der Waals surface area contributed by atoms with Gasteiger partial charge >= 0.3 is 0 Å². The van der Waals surface area contributed by atoms with Gasteiger partial charge in [0.2, 0.25) is 0 Å². The van der Waals surface area contributed by atoms with E-state index in [1.54, 1.807) is 0 Å². The molecule has 2 nitrogen and oxygen atoms in total. The molecule has 1 unspecified atom stereocenters. The predicted molar refractivity (Wildman–Crippen MR) is 108 cm³/mol. The molecule has 1 aliphatic rings. The molecule has 0 aromatic rings. The van der Waals surface area contributed by atoms with E-state index < -0.39 is 0 Å². The number of hydrogen-bond donors (Lipinski definition) is 0. The molecule has 0 N–H and O–H groups in total. The fraction of sp³-hybridized carbons (Fsp3) is 0.913. The van der Waals surface area contributed by atoms with Gasteiger partial charge in [-0.2, -0.15) is 0 Å². The highest BCUT2D eigenvalue weighted by Crippen LogP contribution is 2.15. The van der Waals surface area contributed by atoms with Crippen molar-refractivity contribution in [3.05, 3.63) is 0 Å². The van der Waals surface area contributed by atoms with E-state index in [1.165, 1.54) is 89.9 Å². The first-order valence-electron chi connectivity index (χ1n) is 11.1. The molecule has 0 saturated carbocycles. The molecule has 1 fully saturated rings. The average molecular weight is 351 g/mol. The molecule has 1 aliphatic heterocycles. The van der Waals surface area contributed by atoms with Gasteiger partial charge in [0.05, 0.1) is 0 Å². The Bertz CT molecular complexity index is 323. The Hall–Kier alpha value is -0.520. The molecule has 1 saturated heterocycles. The minimum Gasteiger partial charge on any atom is -0.353 e. The second kappa shape index (κ2) is 18.3. The summed E-state index contributed by atoms with van der Waals surface area (Å²) in [5.41, 5.74) is 0. The van der Waals surface area contributed by atoms with Gasteiger partial charge in [0, 0.05) is 26.1 Å². The van der Waals surface area contributed by atoms with Crippen LogP contribution in [0.5, 0.6) is 0 Å². The lowest BCUT2D eigenvalue weighted by Crippen LogP contribution is -2.22. The Balaban J connectivity index is 1.71. The molecule has 1 atom stereocenters. The van der Waals surface area contributed by atoms with Crippen molar-refractivity contribution in [1.82, 2.24) is 0 Å². The van der Waals surface area contributed by atoms with Crippen LogP contribution >= 0.6 is 0 Å². The molecule has 0 aliphatic carbocycles. The Labute approximate surface area is 157 Å². The molecular weight excluding hydrogens is 308 g/mol. The van der Waals surface area contributed by atoms with E-state index in [1.807, 2.05) is 0 Å². The summed E-state index contributed by atoms with van der Waals surface area (Å²) in [5, 5.41) is 0. The minimum atomic E-state index is 0.0909. The summed E-state index contributed by atoms with van der Waals surface area (Å²) in [6.45, 7) is 4.02. The first kappa shape index (κ1) is 22.5. The molecule has 146 valence electrons. The van der Waals surface area contributed by atoms with Gasteiger partial charge in [0.25, 0.3) is 0 Å². The van der Waals surface area contributed by atoms with Crippen molar-refractivity contribution in [3.8, 4) is 11.8 Å². The van der Waals surface area contributed by atoms with Gasteiger partial charge in [0.1, 0.15) is 0 Å². The van der Waals surface area contributed by atoms with Crippen LogP contribution in [0.3, 0.4) is 0 Å². The van der Waals surface area contributed by atoms with Crippen LogP contribution in [0.4, 0.5) is 0 Å². The Morgan fingerprint density at radius 2 is 1.36 bits per heavy atom. The lowest BCUT2D eigenvalue weighted by Gasteiger charge is -2.22. The zero-order valence-electron chi connectivity index (χ0n) is 16.8. The molecule has 1 rings (SSSR count). The van der Waals surface area contributed by atoms with E-state index in [0.717, 1.165) is 32.5 Å². The van der Waals surface area contributed by atoms with Crippen LogP contribution in [-0.2, 0) is 9.47 Å². The summed E-state index contributed by atoms with van der Waals surface area (Å²) < 4.78 is 11.3. The fourth-order valence-corrected chi connectivity index (χ4v) is 3.25. The van der Waals surface area contributed by atoms with Gasteiger partial charge in [-0.1, -0.05) is 64.7 Å². The van der Waals surface area contributed by atoms with Crippen molar-refractivity contribution in [2.45, 2.75) is 122 Å². The van der Waals surface area contributed by atoms with Crippen molar-refractivity contribution >= 4 is 0 Å². The SMILES string of the molecule is CCCCCCC#CCCCCCCCCCCOC1CCCCO1. The van der Waals surface area contributed by atoms with Gasteiger partial charge in [-0.05, 0) is 38.5 Å². The first-order chi connectivity index (χ1) is 12.4. The smallest absolute Gasteiger partial charge is 0.157 e. The maximum Gasteiger partial charge on any atom is 0.157 e. The van der Waals surface area contributed by atoms with Crippen molar-refractivity contribution in [2.75, 3.05) is 13.2 Å². The third-order valence-electron chi connectivity index (χ3n) is 4.92. The summed E-state index contributed by atoms with van der Waals surface area (Å²) >= 11 is 0. The largest absolute Gasteiger partial charge is 0.353 e. The Morgan fingerprint density at radius 3 is 1.96 bits per heavy atom. The number of ether oxygens (including phenoxy) is 2. The van der Waals surface area contributed by atoms with E-state index in [-0.39, 0.29) is 6.29 Å². The Kier molecular flexibility index (Phi) is 16.5. The number of unbranched alkanes of at least 4 members (excludes halogenated alkanes) is 12. The van der Waals surface area contributed by atoms with Crippen molar-refractivity contribution in [1.29, 1.82) is 0 Å². The van der Waals surface area contributed by atoms with Crippen molar-refractivity contribution < 1.29 is 9.47 Å². The molecule has 0 bridgehead atoms. The summed E-state index contributed by atoms with van der Waals surface area (Å²) in [7, 11) is 0. The standard InChI is InChI=1S/C23H42O2/c1-2-3-4-5-6-7-8-9-10-11-12-13-14-15-16-18-21-24-23-20-17-19-22-25-23/h23H,2-6,9-22H2,1H3. The molecule has 2 heteroatoms. The lowest BCUT2D eigenvalue weighted by molar-refractivity contribution is -0.162. The summed E-state index contributed by atoms with van der Waals surface area (Å²) in [6, 6.07) is 0. The highest BCUT2D eigenvalue weighted by atomic mass is 16.7. The van der Waals surface area contributed by atoms with E-state index in [9.17, 15) is 0 Å². The van der Waals surface area contributed by atoms with Crippen LogP contribution in [0.1, 0.15) is 116 Å². The van der Waals surface area contributed by atoms with E-state index in [4.69, 9.17) is 9.47 Å². The topological polar surface area (TPSA) is 18.5 Å². The summed E-state index contributed by atoms with van der Waals surface area (Å²) in [5.74, 6) is 6.67. The van der Waals surface area contributed by atoms with E-state index in [0.29, 0.717) is 0 Å². The third-order valence-corrected chi connectivity index (χ3v) is 4.92. The zero-order chi connectivity index (χ0) is 17.8. The van der Waals surface area contributed by atoms with Crippen LogP contribution < -0.4 is 0 Å². The quantitative estimate of drug-likeness (QED) is 0.233. The second-order valence-corrected chi connectivity index (χ2v) is 7.41. The highest BCUT2D eigenvalue weighted by Gasteiger charge is 2.13. The van der Waals surface area contributed by atoms with E-state index >= 15 is 0 Å².